The lowest BCUT2D eigenvalue weighted by Gasteiger charge is -2.19. The second-order valence-electron chi connectivity index (χ2n) is 6.44. The summed E-state index contributed by atoms with van der Waals surface area (Å²) in [6.07, 6.45) is 20.4. The molecule has 0 aromatic rings. The van der Waals surface area contributed by atoms with Gasteiger partial charge in [0.05, 0.1) is 0 Å². The zero-order valence-electron chi connectivity index (χ0n) is 13.5. The largest absolute Gasteiger partial charge is 0.303 e. The first-order chi connectivity index (χ1) is 9.43. The predicted octanol–water partition coefficient (Wildman–Crippen LogP) is 5.78. The standard InChI is InChI=1S/C18H37N/c1-2-3-4-5-6-7-8-9-10-13-16-19-17-14-11-12-15-18-19/h2-18H2,1H3. The molecule has 0 N–H and O–H groups in total. The fraction of sp³-hybridized carbons (Fsp3) is 1.00. The monoisotopic (exact) mass is 267 g/mol. The number of nitrogens with zero attached hydrogens (tertiary/aromatic N) is 1. The highest BCUT2D eigenvalue weighted by Gasteiger charge is 2.07. The molecule has 114 valence electrons. The van der Waals surface area contributed by atoms with E-state index in [0.717, 1.165) is 0 Å². The Labute approximate surface area is 122 Å². The molecule has 1 heterocycles. The SMILES string of the molecule is CCCCCCCCCCCCN1CCCCCC1. The van der Waals surface area contributed by atoms with Gasteiger partial charge in [-0.1, -0.05) is 77.6 Å². The Bertz CT molecular complexity index is 171. The maximum Gasteiger partial charge on any atom is -0.00187 e. The third-order valence-corrected chi connectivity index (χ3v) is 4.53. The molecule has 0 spiro atoms. The van der Waals surface area contributed by atoms with E-state index in [-0.39, 0.29) is 0 Å². The van der Waals surface area contributed by atoms with Crippen molar-refractivity contribution in [2.75, 3.05) is 19.6 Å². The van der Waals surface area contributed by atoms with E-state index < -0.39 is 0 Å². The number of unbranched alkanes of at least 4 members (excludes halogenated alkanes) is 9. The van der Waals surface area contributed by atoms with Crippen LogP contribution in [0.3, 0.4) is 0 Å². The van der Waals surface area contributed by atoms with Crippen LogP contribution in [0.25, 0.3) is 0 Å². The molecule has 0 aliphatic carbocycles. The Morgan fingerprint density at radius 2 is 1.05 bits per heavy atom. The lowest BCUT2D eigenvalue weighted by Crippen LogP contribution is -2.25. The zero-order chi connectivity index (χ0) is 13.6. The molecule has 1 fully saturated rings. The summed E-state index contributed by atoms with van der Waals surface area (Å²) in [5.41, 5.74) is 0. The van der Waals surface area contributed by atoms with Crippen LogP contribution in [-0.4, -0.2) is 24.5 Å². The van der Waals surface area contributed by atoms with Crippen LogP contribution < -0.4 is 0 Å². The van der Waals surface area contributed by atoms with E-state index in [9.17, 15) is 0 Å². The van der Waals surface area contributed by atoms with Crippen LogP contribution in [0.1, 0.15) is 96.8 Å². The first-order valence-electron chi connectivity index (χ1n) is 9.16. The van der Waals surface area contributed by atoms with Gasteiger partial charge in [-0.2, -0.15) is 0 Å². The van der Waals surface area contributed by atoms with Crippen molar-refractivity contribution in [3.63, 3.8) is 0 Å². The Balaban J connectivity index is 1.78. The normalized spacial score (nSPS) is 17.5. The Morgan fingerprint density at radius 3 is 1.58 bits per heavy atom. The Morgan fingerprint density at radius 1 is 0.579 bits per heavy atom. The molecule has 19 heavy (non-hydrogen) atoms. The van der Waals surface area contributed by atoms with E-state index in [0.29, 0.717) is 0 Å². The second kappa shape index (κ2) is 13.0. The van der Waals surface area contributed by atoms with Crippen LogP contribution in [0.5, 0.6) is 0 Å². The van der Waals surface area contributed by atoms with Gasteiger partial charge in [-0.05, 0) is 38.9 Å². The van der Waals surface area contributed by atoms with E-state index in [1.807, 2.05) is 0 Å². The average molecular weight is 268 g/mol. The number of hydrogen-bond acceptors (Lipinski definition) is 1. The van der Waals surface area contributed by atoms with Gasteiger partial charge < -0.3 is 4.90 Å². The van der Waals surface area contributed by atoms with Crippen molar-refractivity contribution in [1.82, 2.24) is 4.90 Å². The summed E-state index contributed by atoms with van der Waals surface area (Å²) >= 11 is 0. The Kier molecular flexibility index (Phi) is 11.6. The van der Waals surface area contributed by atoms with Crippen molar-refractivity contribution in [1.29, 1.82) is 0 Å². The molecule has 0 aromatic carbocycles. The van der Waals surface area contributed by atoms with Crippen molar-refractivity contribution >= 4 is 0 Å². The van der Waals surface area contributed by atoms with Gasteiger partial charge in [0.15, 0.2) is 0 Å². The van der Waals surface area contributed by atoms with Crippen molar-refractivity contribution in [2.24, 2.45) is 0 Å². The smallest absolute Gasteiger partial charge is 0.00187 e. The molecule has 0 aromatic heterocycles. The maximum absolute atomic E-state index is 2.71. The van der Waals surface area contributed by atoms with E-state index in [1.54, 1.807) is 0 Å². The summed E-state index contributed by atoms with van der Waals surface area (Å²) in [6, 6.07) is 0. The average Bonchev–Trinajstić information content (AvgIpc) is 2.69. The molecular formula is C18H37N. The molecule has 1 heteroatoms. The third kappa shape index (κ3) is 10.4. The molecule has 1 aliphatic rings. The molecule has 0 bridgehead atoms. The molecule has 1 saturated heterocycles. The summed E-state index contributed by atoms with van der Waals surface area (Å²) in [5.74, 6) is 0. The highest BCUT2D eigenvalue weighted by Crippen LogP contribution is 2.13. The topological polar surface area (TPSA) is 3.24 Å². The maximum atomic E-state index is 2.71. The fourth-order valence-electron chi connectivity index (χ4n) is 3.18. The molecule has 0 radical (unpaired) electrons. The summed E-state index contributed by atoms with van der Waals surface area (Å²) < 4.78 is 0. The minimum absolute atomic E-state index is 1.37. The Hall–Kier alpha value is -0.0400. The summed E-state index contributed by atoms with van der Waals surface area (Å²) in [7, 11) is 0. The molecular weight excluding hydrogens is 230 g/mol. The molecule has 0 amide bonds. The van der Waals surface area contributed by atoms with Crippen molar-refractivity contribution in [3.05, 3.63) is 0 Å². The van der Waals surface area contributed by atoms with Crippen molar-refractivity contribution in [3.8, 4) is 0 Å². The van der Waals surface area contributed by atoms with Gasteiger partial charge in [0.2, 0.25) is 0 Å². The molecule has 1 nitrogen and oxygen atoms in total. The van der Waals surface area contributed by atoms with Crippen LogP contribution in [0, 0.1) is 0 Å². The highest BCUT2D eigenvalue weighted by molar-refractivity contribution is 4.63. The fourth-order valence-corrected chi connectivity index (χ4v) is 3.18. The van der Waals surface area contributed by atoms with Crippen LogP contribution >= 0.6 is 0 Å². The van der Waals surface area contributed by atoms with Gasteiger partial charge in [-0.15, -0.1) is 0 Å². The zero-order valence-corrected chi connectivity index (χ0v) is 13.5. The summed E-state index contributed by atoms with van der Waals surface area (Å²) in [6.45, 7) is 6.41. The van der Waals surface area contributed by atoms with Crippen LogP contribution in [0.4, 0.5) is 0 Å². The van der Waals surface area contributed by atoms with Gasteiger partial charge in [-0.3, -0.25) is 0 Å². The third-order valence-electron chi connectivity index (χ3n) is 4.53. The van der Waals surface area contributed by atoms with Gasteiger partial charge in [-0.25, -0.2) is 0 Å². The number of hydrogen-bond donors (Lipinski definition) is 0. The van der Waals surface area contributed by atoms with Gasteiger partial charge in [0, 0.05) is 0 Å². The number of likely N-dealkylation sites (tertiary alicyclic amines) is 1. The van der Waals surface area contributed by atoms with E-state index >= 15 is 0 Å². The minimum Gasteiger partial charge on any atom is -0.303 e. The molecule has 1 aliphatic heterocycles. The van der Waals surface area contributed by atoms with Crippen molar-refractivity contribution in [2.45, 2.75) is 96.8 Å². The van der Waals surface area contributed by atoms with Crippen molar-refractivity contribution < 1.29 is 0 Å². The highest BCUT2D eigenvalue weighted by atomic mass is 15.1. The molecule has 0 atom stereocenters. The lowest BCUT2D eigenvalue weighted by atomic mass is 10.1. The van der Waals surface area contributed by atoms with E-state index in [4.69, 9.17) is 0 Å². The van der Waals surface area contributed by atoms with Gasteiger partial charge >= 0.3 is 0 Å². The molecule has 0 unspecified atom stereocenters. The lowest BCUT2D eigenvalue weighted by molar-refractivity contribution is 0.277. The number of rotatable bonds is 11. The van der Waals surface area contributed by atoms with Crippen LogP contribution in [-0.2, 0) is 0 Å². The first-order valence-corrected chi connectivity index (χ1v) is 9.16. The summed E-state index contributed by atoms with van der Waals surface area (Å²) in [4.78, 5) is 2.71. The predicted molar refractivity (Wildman–Crippen MR) is 86.8 cm³/mol. The minimum atomic E-state index is 1.37. The van der Waals surface area contributed by atoms with E-state index in [2.05, 4.69) is 11.8 Å². The quantitative estimate of drug-likeness (QED) is 0.429. The second-order valence-corrected chi connectivity index (χ2v) is 6.44. The molecule has 1 rings (SSSR count). The van der Waals surface area contributed by atoms with Gasteiger partial charge in [0.1, 0.15) is 0 Å². The van der Waals surface area contributed by atoms with Crippen LogP contribution in [0.2, 0.25) is 0 Å². The summed E-state index contributed by atoms with van der Waals surface area (Å²) in [5, 5.41) is 0. The van der Waals surface area contributed by atoms with Gasteiger partial charge in [0.25, 0.3) is 0 Å². The van der Waals surface area contributed by atoms with E-state index in [1.165, 1.54) is 110 Å². The molecule has 0 saturated carbocycles. The first kappa shape index (κ1) is 17.0. The van der Waals surface area contributed by atoms with Crippen LogP contribution in [0.15, 0.2) is 0 Å².